The van der Waals surface area contributed by atoms with E-state index in [1.165, 1.54) is 0 Å². The molecule has 1 rings (SSSR count). The second-order valence-electron chi connectivity index (χ2n) is 4.45. The van der Waals surface area contributed by atoms with Crippen molar-refractivity contribution < 1.29 is 9.90 Å². The van der Waals surface area contributed by atoms with Gasteiger partial charge in [0.05, 0.1) is 18.2 Å². The first-order chi connectivity index (χ1) is 6.99. The van der Waals surface area contributed by atoms with Gasteiger partial charge in [0.1, 0.15) is 0 Å². The molecule has 5 heteroatoms. The lowest BCUT2D eigenvalue weighted by Crippen LogP contribution is -2.56. The average molecular weight is 232 g/mol. The smallest absolute Gasteiger partial charge is 0.240 e. The molecule has 0 aromatic heterocycles. The number of likely N-dealkylation sites (N-methyl/N-ethyl adjacent to an activating group) is 1. The molecule has 1 fully saturated rings. The standard InChI is InChI=1S/C10H20N2O2S/c1-10(2,7-13)12(3)9(14)8-6-15-5-4-11-8/h8,11,13H,4-7H2,1-3H3. The predicted octanol–water partition coefficient (Wildman–Crippen LogP) is -0.0793. The van der Waals surface area contributed by atoms with Gasteiger partial charge in [-0.2, -0.15) is 11.8 Å². The molecule has 0 saturated carbocycles. The van der Waals surface area contributed by atoms with Gasteiger partial charge in [0, 0.05) is 25.1 Å². The second kappa shape index (κ2) is 5.18. The molecule has 0 aliphatic carbocycles. The molecule has 1 amide bonds. The van der Waals surface area contributed by atoms with Gasteiger partial charge >= 0.3 is 0 Å². The minimum absolute atomic E-state index is 0.0187. The van der Waals surface area contributed by atoms with Gasteiger partial charge in [-0.05, 0) is 13.8 Å². The van der Waals surface area contributed by atoms with Crippen LogP contribution in [0, 0.1) is 0 Å². The maximum atomic E-state index is 12.0. The summed E-state index contributed by atoms with van der Waals surface area (Å²) in [6, 6.07) is -0.0976. The quantitative estimate of drug-likeness (QED) is 0.715. The largest absolute Gasteiger partial charge is 0.394 e. The Hall–Kier alpha value is -0.260. The molecular weight excluding hydrogens is 212 g/mol. The molecule has 0 radical (unpaired) electrons. The highest BCUT2D eigenvalue weighted by atomic mass is 32.2. The van der Waals surface area contributed by atoms with Crippen LogP contribution in [0.3, 0.4) is 0 Å². The van der Waals surface area contributed by atoms with Crippen LogP contribution in [0.2, 0.25) is 0 Å². The first-order valence-electron chi connectivity index (χ1n) is 5.18. The third-order valence-corrected chi connectivity index (χ3v) is 3.91. The summed E-state index contributed by atoms with van der Waals surface area (Å²) in [5, 5.41) is 12.4. The minimum atomic E-state index is -0.485. The molecule has 1 atom stereocenters. The number of nitrogens with zero attached hydrogens (tertiary/aromatic N) is 1. The third kappa shape index (κ3) is 3.09. The molecule has 0 bridgehead atoms. The second-order valence-corrected chi connectivity index (χ2v) is 5.60. The molecule has 0 aromatic carbocycles. The summed E-state index contributed by atoms with van der Waals surface area (Å²) in [4.78, 5) is 13.7. The minimum Gasteiger partial charge on any atom is -0.394 e. The monoisotopic (exact) mass is 232 g/mol. The molecule has 15 heavy (non-hydrogen) atoms. The topological polar surface area (TPSA) is 52.6 Å². The third-order valence-electron chi connectivity index (χ3n) is 2.85. The van der Waals surface area contributed by atoms with Gasteiger partial charge in [-0.1, -0.05) is 0 Å². The zero-order valence-corrected chi connectivity index (χ0v) is 10.4. The lowest BCUT2D eigenvalue weighted by atomic mass is 10.0. The highest BCUT2D eigenvalue weighted by Gasteiger charge is 2.32. The van der Waals surface area contributed by atoms with Crippen LogP contribution in [0.5, 0.6) is 0 Å². The molecule has 0 spiro atoms. The summed E-state index contributed by atoms with van der Waals surface area (Å²) in [6.45, 7) is 4.59. The van der Waals surface area contributed by atoms with Crippen molar-refractivity contribution in [1.29, 1.82) is 0 Å². The van der Waals surface area contributed by atoms with Crippen LogP contribution < -0.4 is 5.32 Å². The van der Waals surface area contributed by atoms with Crippen LogP contribution in [0.1, 0.15) is 13.8 Å². The van der Waals surface area contributed by atoms with Crippen LogP contribution >= 0.6 is 11.8 Å². The van der Waals surface area contributed by atoms with Crippen LogP contribution in [0.25, 0.3) is 0 Å². The molecular formula is C10H20N2O2S. The van der Waals surface area contributed by atoms with E-state index in [2.05, 4.69) is 5.32 Å². The van der Waals surface area contributed by atoms with E-state index in [9.17, 15) is 9.90 Å². The summed E-state index contributed by atoms with van der Waals surface area (Å²) in [5.74, 6) is 1.96. The molecule has 1 aliphatic rings. The molecule has 2 N–H and O–H groups in total. The Morgan fingerprint density at radius 1 is 1.67 bits per heavy atom. The number of hydrogen-bond donors (Lipinski definition) is 2. The number of aliphatic hydroxyl groups excluding tert-OH is 1. The van der Waals surface area contributed by atoms with E-state index < -0.39 is 5.54 Å². The summed E-state index contributed by atoms with van der Waals surface area (Å²) >= 11 is 1.79. The lowest BCUT2D eigenvalue weighted by molar-refractivity contribution is -0.137. The Morgan fingerprint density at radius 3 is 2.80 bits per heavy atom. The van der Waals surface area contributed by atoms with E-state index in [4.69, 9.17) is 0 Å². The maximum absolute atomic E-state index is 12.0. The first kappa shape index (κ1) is 12.8. The van der Waals surface area contributed by atoms with Crippen molar-refractivity contribution in [2.75, 3.05) is 31.7 Å². The first-order valence-corrected chi connectivity index (χ1v) is 6.34. The van der Waals surface area contributed by atoms with Crippen LogP contribution in [0.15, 0.2) is 0 Å². The van der Waals surface area contributed by atoms with Gasteiger partial charge in [-0.25, -0.2) is 0 Å². The van der Waals surface area contributed by atoms with E-state index in [1.807, 2.05) is 13.8 Å². The Bertz CT molecular complexity index is 227. The van der Waals surface area contributed by atoms with Crippen molar-refractivity contribution in [3.05, 3.63) is 0 Å². The Balaban J connectivity index is 2.58. The highest BCUT2D eigenvalue weighted by Crippen LogP contribution is 2.15. The van der Waals surface area contributed by atoms with Crippen LogP contribution in [0.4, 0.5) is 0 Å². The zero-order valence-electron chi connectivity index (χ0n) is 9.62. The van der Waals surface area contributed by atoms with Crippen LogP contribution in [-0.2, 0) is 4.79 Å². The lowest BCUT2D eigenvalue weighted by Gasteiger charge is -2.37. The summed E-state index contributed by atoms with van der Waals surface area (Å²) in [6.07, 6.45) is 0. The number of nitrogens with one attached hydrogen (secondary N) is 1. The van der Waals surface area contributed by atoms with Crippen molar-refractivity contribution in [1.82, 2.24) is 10.2 Å². The fourth-order valence-electron chi connectivity index (χ4n) is 1.36. The normalized spacial score (nSPS) is 22.5. The molecule has 1 unspecified atom stereocenters. The molecule has 4 nitrogen and oxygen atoms in total. The van der Waals surface area contributed by atoms with E-state index in [0.29, 0.717) is 0 Å². The fourth-order valence-corrected chi connectivity index (χ4v) is 2.29. The summed E-state index contributed by atoms with van der Waals surface area (Å²) in [5.41, 5.74) is -0.485. The van der Waals surface area contributed by atoms with Crippen molar-refractivity contribution in [2.24, 2.45) is 0 Å². The number of amides is 1. The van der Waals surface area contributed by atoms with Gasteiger partial charge < -0.3 is 15.3 Å². The highest BCUT2D eigenvalue weighted by molar-refractivity contribution is 7.99. The summed E-state index contributed by atoms with van der Waals surface area (Å²) < 4.78 is 0. The molecule has 0 aromatic rings. The number of carbonyl (C=O) groups is 1. The maximum Gasteiger partial charge on any atom is 0.240 e. The Morgan fingerprint density at radius 2 is 2.33 bits per heavy atom. The van der Waals surface area contributed by atoms with E-state index in [1.54, 1.807) is 23.7 Å². The van der Waals surface area contributed by atoms with Crippen molar-refractivity contribution in [2.45, 2.75) is 25.4 Å². The number of rotatable bonds is 3. The van der Waals surface area contributed by atoms with Crippen LogP contribution in [-0.4, -0.2) is 59.2 Å². The summed E-state index contributed by atoms with van der Waals surface area (Å²) in [7, 11) is 1.75. The van der Waals surface area contributed by atoms with Crippen molar-refractivity contribution in [3.63, 3.8) is 0 Å². The number of carbonyl (C=O) groups excluding carboxylic acids is 1. The van der Waals surface area contributed by atoms with Gasteiger partial charge in [-0.15, -0.1) is 0 Å². The van der Waals surface area contributed by atoms with Crippen molar-refractivity contribution in [3.8, 4) is 0 Å². The van der Waals surface area contributed by atoms with E-state index in [-0.39, 0.29) is 18.6 Å². The van der Waals surface area contributed by atoms with Gasteiger partial charge in [0.2, 0.25) is 5.91 Å². The van der Waals surface area contributed by atoms with E-state index in [0.717, 1.165) is 18.1 Å². The molecule has 1 aliphatic heterocycles. The average Bonchev–Trinajstić information content (AvgIpc) is 2.28. The van der Waals surface area contributed by atoms with E-state index >= 15 is 0 Å². The van der Waals surface area contributed by atoms with Gasteiger partial charge in [0.15, 0.2) is 0 Å². The Kier molecular flexibility index (Phi) is 4.43. The number of aliphatic hydroxyl groups is 1. The van der Waals surface area contributed by atoms with Crippen molar-refractivity contribution >= 4 is 17.7 Å². The predicted molar refractivity (Wildman–Crippen MR) is 63.1 cm³/mol. The number of thioether (sulfide) groups is 1. The van der Waals surface area contributed by atoms with Gasteiger partial charge in [-0.3, -0.25) is 4.79 Å². The SMILES string of the molecule is CN(C(=O)C1CSCCN1)C(C)(C)CO. The van der Waals surface area contributed by atoms with Gasteiger partial charge in [0.25, 0.3) is 0 Å². The Labute approximate surface area is 95.4 Å². The zero-order chi connectivity index (χ0) is 11.5. The fraction of sp³-hybridized carbons (Fsp3) is 0.900. The molecule has 1 heterocycles. The molecule has 1 saturated heterocycles. The molecule has 88 valence electrons. The number of hydrogen-bond acceptors (Lipinski definition) is 4.